The summed E-state index contributed by atoms with van der Waals surface area (Å²) in [6.07, 6.45) is 0. The largest absolute Gasteiger partial charge is 0.269 e. The molecule has 0 atom stereocenters. The van der Waals surface area contributed by atoms with Gasteiger partial charge in [0.2, 0.25) is 0 Å². The van der Waals surface area contributed by atoms with Gasteiger partial charge in [0.05, 0.1) is 10.4 Å². The number of pyridine rings is 1. The summed E-state index contributed by atoms with van der Waals surface area (Å²) < 4.78 is 28.3. The number of hydrogen-bond donors (Lipinski definition) is 0. The van der Waals surface area contributed by atoms with Crippen molar-refractivity contribution >= 4 is 49.1 Å². The quantitative estimate of drug-likeness (QED) is 0.313. The van der Waals surface area contributed by atoms with E-state index in [4.69, 9.17) is 11.6 Å². The van der Waals surface area contributed by atoms with Crippen LogP contribution in [0, 0.1) is 0 Å². The molecule has 6 heteroatoms. The summed E-state index contributed by atoms with van der Waals surface area (Å²) in [7, 11) is -3.88. The summed E-state index contributed by atoms with van der Waals surface area (Å²) in [5.74, 6) is 0. The zero-order valence-electron chi connectivity index (χ0n) is 16.4. The highest BCUT2D eigenvalue weighted by Crippen LogP contribution is 2.35. The molecule has 0 aliphatic carbocycles. The first kappa shape index (κ1) is 19.5. The number of rotatable bonds is 4. The van der Waals surface area contributed by atoms with E-state index >= 15 is 0 Å². The lowest BCUT2D eigenvalue weighted by Gasteiger charge is -2.10. The number of benzene rings is 3. The molecular weight excluding hydrogens is 428 g/mol. The molecule has 31 heavy (non-hydrogen) atoms. The maximum Gasteiger partial charge on any atom is 0.269 e. The van der Waals surface area contributed by atoms with Crippen LogP contribution in [0.1, 0.15) is 11.1 Å². The van der Waals surface area contributed by atoms with Crippen molar-refractivity contribution in [3.63, 3.8) is 0 Å². The van der Waals surface area contributed by atoms with Gasteiger partial charge in [0.1, 0.15) is 5.15 Å². The number of fused-ring (bicyclic) bond motifs is 3. The van der Waals surface area contributed by atoms with Gasteiger partial charge in [-0.3, -0.25) is 0 Å². The second-order valence-electron chi connectivity index (χ2n) is 7.16. The highest BCUT2D eigenvalue weighted by molar-refractivity contribution is 7.90. The van der Waals surface area contributed by atoms with E-state index < -0.39 is 10.0 Å². The number of aromatic nitrogens is 2. The predicted molar refractivity (Wildman–Crippen MR) is 126 cm³/mol. The Morgan fingerprint density at radius 2 is 1.48 bits per heavy atom. The molecule has 0 N–H and O–H groups in total. The van der Waals surface area contributed by atoms with Gasteiger partial charge in [-0.05, 0) is 53.1 Å². The number of halogens is 1. The Balaban J connectivity index is 1.80. The fourth-order valence-electron chi connectivity index (χ4n) is 3.77. The summed E-state index contributed by atoms with van der Waals surface area (Å²) in [6.45, 7) is 4.24. The first-order valence-corrected chi connectivity index (χ1v) is 11.4. The topological polar surface area (TPSA) is 52.0 Å². The minimum absolute atomic E-state index is 0.188. The van der Waals surface area contributed by atoms with Crippen LogP contribution < -0.4 is 0 Å². The zero-order chi connectivity index (χ0) is 21.6. The van der Waals surface area contributed by atoms with E-state index in [-0.39, 0.29) is 10.0 Å². The predicted octanol–water partition coefficient (Wildman–Crippen LogP) is 6.14. The van der Waals surface area contributed by atoms with Crippen LogP contribution in [0.4, 0.5) is 0 Å². The molecular formula is C25H17ClN2O2S. The van der Waals surface area contributed by atoms with Gasteiger partial charge in [-0.1, -0.05) is 72.8 Å². The Morgan fingerprint density at radius 1 is 0.806 bits per heavy atom. The van der Waals surface area contributed by atoms with Crippen LogP contribution in [0.25, 0.3) is 27.5 Å². The lowest BCUT2D eigenvalue weighted by Crippen LogP contribution is -2.13. The summed E-state index contributed by atoms with van der Waals surface area (Å²) in [4.78, 5) is 4.55. The number of nitrogens with zero attached hydrogens (tertiary/aromatic N) is 2. The van der Waals surface area contributed by atoms with Crippen molar-refractivity contribution in [2.24, 2.45) is 0 Å². The average Bonchev–Trinajstić information content (AvgIpc) is 3.13. The van der Waals surface area contributed by atoms with Crippen LogP contribution in [0.2, 0.25) is 5.15 Å². The molecule has 0 saturated carbocycles. The van der Waals surface area contributed by atoms with Gasteiger partial charge in [0.25, 0.3) is 10.0 Å². The first-order valence-electron chi connectivity index (χ1n) is 9.63. The molecule has 2 aromatic heterocycles. The van der Waals surface area contributed by atoms with Gasteiger partial charge in [-0.25, -0.2) is 17.4 Å². The van der Waals surface area contributed by atoms with Gasteiger partial charge >= 0.3 is 0 Å². The lowest BCUT2D eigenvalue weighted by molar-refractivity contribution is 0.590. The SMILES string of the molecule is C=C(c1ccccc1)c1ccc2c(c1)c1ccc(Cl)nc1n2S(=O)(=O)c1ccccc1. The Morgan fingerprint density at radius 3 is 2.19 bits per heavy atom. The first-order chi connectivity index (χ1) is 15.0. The van der Waals surface area contributed by atoms with Crippen molar-refractivity contribution in [1.82, 2.24) is 8.96 Å². The van der Waals surface area contributed by atoms with E-state index in [0.717, 1.165) is 22.1 Å². The highest BCUT2D eigenvalue weighted by atomic mass is 35.5. The minimum atomic E-state index is -3.88. The zero-order valence-corrected chi connectivity index (χ0v) is 17.9. The molecule has 0 unspecified atom stereocenters. The minimum Gasteiger partial charge on any atom is -0.217 e. The molecule has 2 heterocycles. The van der Waals surface area contributed by atoms with Crippen LogP contribution in [-0.2, 0) is 10.0 Å². The van der Waals surface area contributed by atoms with Gasteiger partial charge in [-0.15, -0.1) is 0 Å². The van der Waals surface area contributed by atoms with Crippen molar-refractivity contribution in [2.75, 3.05) is 0 Å². The summed E-state index contributed by atoms with van der Waals surface area (Å²) >= 11 is 6.14. The van der Waals surface area contributed by atoms with Crippen molar-refractivity contribution in [3.05, 3.63) is 114 Å². The van der Waals surface area contributed by atoms with E-state index in [1.54, 1.807) is 48.5 Å². The summed E-state index contributed by atoms with van der Waals surface area (Å²) in [6, 6.07) is 27.3. The van der Waals surface area contributed by atoms with Crippen LogP contribution in [0.15, 0.2) is 102 Å². The van der Waals surface area contributed by atoms with Crippen LogP contribution in [0.5, 0.6) is 0 Å². The molecule has 5 aromatic rings. The van der Waals surface area contributed by atoms with E-state index in [0.29, 0.717) is 16.6 Å². The van der Waals surface area contributed by atoms with E-state index in [1.165, 1.54) is 3.97 Å². The highest BCUT2D eigenvalue weighted by Gasteiger charge is 2.24. The Kier molecular flexibility index (Phi) is 4.65. The van der Waals surface area contributed by atoms with Gasteiger partial charge < -0.3 is 0 Å². The maximum atomic E-state index is 13.5. The van der Waals surface area contributed by atoms with Crippen LogP contribution in [-0.4, -0.2) is 17.4 Å². The maximum absolute atomic E-state index is 13.5. The molecule has 0 bridgehead atoms. The third-order valence-corrected chi connectivity index (χ3v) is 7.22. The Hall–Kier alpha value is -3.41. The third kappa shape index (κ3) is 3.23. The van der Waals surface area contributed by atoms with Crippen LogP contribution >= 0.6 is 11.6 Å². The van der Waals surface area contributed by atoms with E-state index in [1.807, 2.05) is 42.5 Å². The van der Waals surface area contributed by atoms with Gasteiger partial charge in [-0.2, -0.15) is 0 Å². The average molecular weight is 445 g/mol. The molecule has 0 spiro atoms. The summed E-state index contributed by atoms with van der Waals surface area (Å²) in [5.41, 5.74) is 3.61. The monoisotopic (exact) mass is 444 g/mol. The molecule has 4 nitrogen and oxygen atoms in total. The Bertz CT molecular complexity index is 1560. The van der Waals surface area contributed by atoms with Crippen molar-refractivity contribution in [2.45, 2.75) is 4.90 Å². The second kappa shape index (κ2) is 7.38. The molecule has 3 aromatic carbocycles. The summed E-state index contributed by atoms with van der Waals surface area (Å²) in [5, 5.41) is 1.71. The smallest absolute Gasteiger partial charge is 0.217 e. The molecule has 0 aliphatic heterocycles. The third-order valence-electron chi connectivity index (χ3n) is 5.29. The lowest BCUT2D eigenvalue weighted by atomic mass is 9.98. The molecule has 0 amide bonds. The molecule has 5 rings (SSSR count). The van der Waals surface area contributed by atoms with E-state index in [2.05, 4.69) is 11.6 Å². The Labute approximate surface area is 185 Å². The molecule has 152 valence electrons. The fourth-order valence-corrected chi connectivity index (χ4v) is 5.41. The van der Waals surface area contributed by atoms with Crippen molar-refractivity contribution in [1.29, 1.82) is 0 Å². The molecule has 0 aliphatic rings. The standard InChI is InChI=1S/C25H17ClN2O2S/c1-17(18-8-4-2-5-9-18)19-12-14-23-22(16-19)21-13-15-24(26)27-25(21)28(23)31(29,30)20-10-6-3-7-11-20/h2-16H,1H2. The second-order valence-corrected chi connectivity index (χ2v) is 9.34. The van der Waals surface area contributed by atoms with Gasteiger partial charge in [0, 0.05) is 10.8 Å². The van der Waals surface area contributed by atoms with Crippen molar-refractivity contribution < 1.29 is 8.42 Å². The molecule has 0 radical (unpaired) electrons. The van der Waals surface area contributed by atoms with Crippen LogP contribution in [0.3, 0.4) is 0 Å². The van der Waals surface area contributed by atoms with E-state index in [9.17, 15) is 8.42 Å². The number of hydrogen-bond acceptors (Lipinski definition) is 3. The fraction of sp³-hybridized carbons (Fsp3) is 0. The molecule has 0 fully saturated rings. The van der Waals surface area contributed by atoms with Gasteiger partial charge in [0.15, 0.2) is 5.65 Å². The normalized spacial score (nSPS) is 11.8. The molecule has 0 saturated heterocycles. The van der Waals surface area contributed by atoms with Crippen molar-refractivity contribution in [3.8, 4) is 0 Å².